The summed E-state index contributed by atoms with van der Waals surface area (Å²) in [5.74, 6) is 0.148. The van der Waals surface area contributed by atoms with Gasteiger partial charge in [-0.2, -0.15) is 5.26 Å². The van der Waals surface area contributed by atoms with E-state index in [0.29, 0.717) is 5.16 Å². The van der Waals surface area contributed by atoms with Crippen LogP contribution in [0.1, 0.15) is 11.1 Å². The number of ether oxygens (including phenoxy) is 1. The number of carbonyl (C=O) groups excluding carboxylic acids is 1. The third-order valence-corrected chi connectivity index (χ3v) is 3.06. The van der Waals surface area contributed by atoms with Crippen molar-refractivity contribution in [3.63, 3.8) is 0 Å². The van der Waals surface area contributed by atoms with E-state index in [4.69, 9.17) is 10.00 Å². The van der Waals surface area contributed by atoms with Crippen LogP contribution in [0.2, 0.25) is 0 Å². The van der Waals surface area contributed by atoms with Gasteiger partial charge in [0.25, 0.3) is 0 Å². The molecule has 1 amide bonds. The van der Waals surface area contributed by atoms with Gasteiger partial charge in [-0.1, -0.05) is 42.1 Å². The molecule has 1 aromatic carbocycles. The summed E-state index contributed by atoms with van der Waals surface area (Å²) in [7, 11) is 0. The van der Waals surface area contributed by atoms with Crippen LogP contribution in [0.25, 0.3) is 0 Å². The van der Waals surface area contributed by atoms with Crippen molar-refractivity contribution in [2.45, 2.75) is 11.8 Å². The van der Waals surface area contributed by atoms with E-state index in [1.165, 1.54) is 18.0 Å². The Morgan fingerprint density at radius 3 is 2.86 bits per heavy atom. The van der Waals surface area contributed by atoms with Gasteiger partial charge in [-0.05, 0) is 11.8 Å². The number of nitriles is 1. The molecule has 0 atom stereocenters. The zero-order valence-electron chi connectivity index (χ0n) is 11.2. The number of thioether (sulfide) groups is 1. The Kier molecular flexibility index (Phi) is 5.12. The molecule has 2 rings (SSSR count). The fraction of sp³-hybridized carbons (Fsp3) is 0.143. The number of nitrogens with one attached hydrogen (secondary N) is 1. The highest BCUT2D eigenvalue weighted by atomic mass is 32.2. The van der Waals surface area contributed by atoms with Gasteiger partial charge in [-0.15, -0.1) is 0 Å². The number of anilines is 1. The summed E-state index contributed by atoms with van der Waals surface area (Å²) in [6.45, 7) is 0.148. The maximum atomic E-state index is 11.7. The molecule has 21 heavy (non-hydrogen) atoms. The molecule has 0 unspecified atom stereocenters. The highest BCUT2D eigenvalue weighted by Gasteiger charge is 2.11. The lowest BCUT2D eigenvalue weighted by atomic mass is 10.2. The predicted octanol–water partition coefficient (Wildman–Crippen LogP) is 2.82. The van der Waals surface area contributed by atoms with Crippen LogP contribution in [-0.2, 0) is 11.3 Å². The van der Waals surface area contributed by atoms with E-state index in [0.717, 1.165) is 5.56 Å². The van der Waals surface area contributed by atoms with Gasteiger partial charge in [-0.3, -0.25) is 5.32 Å². The smallest absolute Gasteiger partial charge is 0.413 e. The molecule has 0 aliphatic rings. The van der Waals surface area contributed by atoms with Gasteiger partial charge in [0.2, 0.25) is 0 Å². The summed E-state index contributed by atoms with van der Waals surface area (Å²) >= 11 is 1.32. The normalized spacial score (nSPS) is 9.71. The molecule has 0 saturated carbocycles. The molecule has 0 saturated heterocycles. The number of benzene rings is 1. The van der Waals surface area contributed by atoms with E-state index >= 15 is 0 Å². The summed E-state index contributed by atoms with van der Waals surface area (Å²) < 4.78 is 5.08. The summed E-state index contributed by atoms with van der Waals surface area (Å²) in [4.78, 5) is 19.8. The van der Waals surface area contributed by atoms with Crippen molar-refractivity contribution < 1.29 is 9.53 Å². The van der Waals surface area contributed by atoms with Crippen LogP contribution in [0.3, 0.4) is 0 Å². The second-order valence-corrected chi connectivity index (χ2v) is 4.69. The van der Waals surface area contributed by atoms with Gasteiger partial charge in [0.15, 0.2) is 11.0 Å². The molecule has 1 N–H and O–H groups in total. The first-order valence-electron chi connectivity index (χ1n) is 6.01. The predicted molar refractivity (Wildman–Crippen MR) is 78.8 cm³/mol. The van der Waals surface area contributed by atoms with Crippen LogP contribution in [0.5, 0.6) is 0 Å². The van der Waals surface area contributed by atoms with Crippen molar-refractivity contribution in [3.8, 4) is 6.07 Å². The van der Waals surface area contributed by atoms with E-state index in [1.807, 2.05) is 36.4 Å². The lowest BCUT2D eigenvalue weighted by Crippen LogP contribution is -2.16. The number of hydrogen-bond donors (Lipinski definition) is 1. The Labute approximate surface area is 126 Å². The van der Waals surface area contributed by atoms with Crippen LogP contribution in [0.4, 0.5) is 10.6 Å². The minimum absolute atomic E-state index is 0.148. The van der Waals surface area contributed by atoms with Gasteiger partial charge in [-0.25, -0.2) is 14.8 Å². The van der Waals surface area contributed by atoms with Crippen LogP contribution < -0.4 is 5.32 Å². The maximum Gasteiger partial charge on any atom is 0.413 e. The standard InChI is InChI=1S/C14H12N4O2S/c1-21-13-16-8-11(7-15)12(17-13)18-14(19)20-9-10-5-3-2-4-6-10/h2-6,8H,9H2,1H3,(H,16,17,18,19). The number of carbonyl (C=O) groups is 1. The molecule has 0 aliphatic carbocycles. The van der Waals surface area contributed by atoms with E-state index in [2.05, 4.69) is 15.3 Å². The fourth-order valence-electron chi connectivity index (χ4n) is 1.50. The summed E-state index contributed by atoms with van der Waals surface area (Å²) in [6, 6.07) is 11.2. The lowest BCUT2D eigenvalue weighted by Gasteiger charge is -2.08. The molecule has 2 aromatic rings. The monoisotopic (exact) mass is 300 g/mol. The Morgan fingerprint density at radius 1 is 1.43 bits per heavy atom. The maximum absolute atomic E-state index is 11.7. The van der Waals surface area contributed by atoms with Crippen molar-refractivity contribution in [2.75, 3.05) is 11.6 Å². The topological polar surface area (TPSA) is 87.9 Å². The van der Waals surface area contributed by atoms with E-state index in [1.54, 1.807) is 6.26 Å². The molecule has 1 heterocycles. The Morgan fingerprint density at radius 2 is 2.19 bits per heavy atom. The van der Waals surface area contributed by atoms with Crippen molar-refractivity contribution >= 4 is 23.7 Å². The zero-order chi connectivity index (χ0) is 15.1. The average Bonchev–Trinajstić information content (AvgIpc) is 2.54. The molecule has 106 valence electrons. The number of rotatable bonds is 4. The molecule has 0 spiro atoms. The molecule has 6 nitrogen and oxygen atoms in total. The van der Waals surface area contributed by atoms with E-state index in [-0.39, 0.29) is 18.0 Å². The Balaban J connectivity index is 2.01. The molecule has 0 bridgehead atoms. The van der Waals surface area contributed by atoms with Gasteiger partial charge in [0.05, 0.1) is 6.20 Å². The minimum atomic E-state index is -0.666. The second-order valence-electron chi connectivity index (χ2n) is 3.92. The summed E-state index contributed by atoms with van der Waals surface area (Å²) in [6.07, 6.45) is 2.51. The van der Waals surface area contributed by atoms with Crippen molar-refractivity contribution in [2.24, 2.45) is 0 Å². The zero-order valence-corrected chi connectivity index (χ0v) is 12.1. The molecule has 0 radical (unpaired) electrons. The van der Waals surface area contributed by atoms with E-state index in [9.17, 15) is 4.79 Å². The van der Waals surface area contributed by atoms with Crippen molar-refractivity contribution in [1.29, 1.82) is 5.26 Å². The van der Waals surface area contributed by atoms with Crippen molar-refractivity contribution in [1.82, 2.24) is 9.97 Å². The third-order valence-electron chi connectivity index (χ3n) is 2.50. The molecular weight excluding hydrogens is 288 g/mol. The Bertz CT molecular complexity index is 670. The number of aromatic nitrogens is 2. The van der Waals surface area contributed by atoms with Crippen LogP contribution in [-0.4, -0.2) is 22.3 Å². The minimum Gasteiger partial charge on any atom is -0.444 e. The SMILES string of the molecule is CSc1ncc(C#N)c(NC(=O)OCc2ccccc2)n1. The highest BCUT2D eigenvalue weighted by Crippen LogP contribution is 2.16. The summed E-state index contributed by atoms with van der Waals surface area (Å²) in [5, 5.41) is 11.9. The fourth-order valence-corrected chi connectivity index (χ4v) is 1.84. The largest absolute Gasteiger partial charge is 0.444 e. The lowest BCUT2D eigenvalue weighted by molar-refractivity contribution is 0.155. The molecule has 0 fully saturated rings. The quantitative estimate of drug-likeness (QED) is 0.690. The molecule has 7 heteroatoms. The first-order chi connectivity index (χ1) is 10.2. The average molecular weight is 300 g/mol. The van der Waals surface area contributed by atoms with Gasteiger partial charge >= 0.3 is 6.09 Å². The van der Waals surface area contributed by atoms with Gasteiger partial charge < -0.3 is 4.74 Å². The molecule has 0 aliphatic heterocycles. The molecular formula is C14H12N4O2S. The number of amides is 1. The second kappa shape index (κ2) is 7.26. The highest BCUT2D eigenvalue weighted by molar-refractivity contribution is 7.98. The van der Waals surface area contributed by atoms with Crippen LogP contribution in [0.15, 0.2) is 41.7 Å². The van der Waals surface area contributed by atoms with Crippen molar-refractivity contribution in [3.05, 3.63) is 47.7 Å². The van der Waals surface area contributed by atoms with Crippen LogP contribution >= 0.6 is 11.8 Å². The first kappa shape index (κ1) is 14.8. The Hall–Kier alpha value is -2.59. The number of hydrogen-bond acceptors (Lipinski definition) is 6. The first-order valence-corrected chi connectivity index (χ1v) is 7.24. The number of nitrogens with zero attached hydrogens (tertiary/aromatic N) is 3. The van der Waals surface area contributed by atoms with E-state index < -0.39 is 6.09 Å². The van der Waals surface area contributed by atoms with Gasteiger partial charge in [0.1, 0.15) is 18.2 Å². The summed E-state index contributed by atoms with van der Waals surface area (Å²) in [5.41, 5.74) is 1.06. The third kappa shape index (κ3) is 4.19. The van der Waals surface area contributed by atoms with Gasteiger partial charge in [0, 0.05) is 0 Å². The van der Waals surface area contributed by atoms with Crippen LogP contribution in [0, 0.1) is 11.3 Å². The molecule has 1 aromatic heterocycles.